The summed E-state index contributed by atoms with van der Waals surface area (Å²) in [7, 11) is 0. The topological polar surface area (TPSA) is 38.8 Å². The molecule has 102 valence electrons. The van der Waals surface area contributed by atoms with E-state index in [0.29, 0.717) is 28.6 Å². The molecule has 0 amide bonds. The highest BCUT2D eigenvalue weighted by Gasteiger charge is 2.22. The molecule has 0 spiro atoms. The number of carbonyl (C=O) groups is 1. The van der Waals surface area contributed by atoms with Crippen molar-refractivity contribution in [2.24, 2.45) is 0 Å². The molecule has 2 heterocycles. The van der Waals surface area contributed by atoms with Crippen molar-refractivity contribution in [3.8, 4) is 11.5 Å². The molecule has 0 aromatic heterocycles. The van der Waals surface area contributed by atoms with E-state index in [1.54, 1.807) is 12.1 Å². The zero-order valence-electron chi connectivity index (χ0n) is 10.7. The van der Waals surface area contributed by atoms with E-state index in [-0.39, 0.29) is 12.6 Å². The first-order valence-electron chi connectivity index (χ1n) is 6.59. The molecule has 1 saturated heterocycles. The number of hydrogen-bond donors (Lipinski definition) is 0. The third kappa shape index (κ3) is 2.69. The highest BCUT2D eigenvalue weighted by molar-refractivity contribution is 6.34. The van der Waals surface area contributed by atoms with E-state index in [0.717, 1.165) is 13.1 Å². The Bertz CT molecular complexity index is 498. The summed E-state index contributed by atoms with van der Waals surface area (Å²) in [5.41, 5.74) is 0.525. The van der Waals surface area contributed by atoms with E-state index in [1.807, 2.05) is 0 Å². The highest BCUT2D eigenvalue weighted by Crippen LogP contribution is 2.37. The summed E-state index contributed by atoms with van der Waals surface area (Å²) in [5.74, 6) is 1.26. The van der Waals surface area contributed by atoms with Gasteiger partial charge in [0.25, 0.3) is 0 Å². The number of halogens is 1. The third-order valence-corrected chi connectivity index (χ3v) is 3.89. The molecule has 5 heteroatoms. The summed E-state index contributed by atoms with van der Waals surface area (Å²) in [6.07, 6.45) is 3.60. The van der Waals surface area contributed by atoms with Crippen molar-refractivity contribution in [3.05, 3.63) is 22.7 Å². The van der Waals surface area contributed by atoms with Crippen LogP contribution in [0.1, 0.15) is 29.6 Å². The van der Waals surface area contributed by atoms with Crippen molar-refractivity contribution in [1.82, 2.24) is 4.90 Å². The SMILES string of the molecule is O=C(CN1CCCCC1)c1cc2c(cc1Cl)OCO2. The molecule has 0 unspecified atom stereocenters. The number of nitrogens with zero attached hydrogens (tertiary/aromatic N) is 1. The number of rotatable bonds is 3. The lowest BCUT2D eigenvalue weighted by Gasteiger charge is -2.25. The molecule has 3 rings (SSSR count). The highest BCUT2D eigenvalue weighted by atomic mass is 35.5. The van der Waals surface area contributed by atoms with Gasteiger partial charge in [0.1, 0.15) is 0 Å². The fraction of sp³-hybridized carbons (Fsp3) is 0.500. The van der Waals surface area contributed by atoms with Gasteiger partial charge in [-0.1, -0.05) is 18.0 Å². The lowest BCUT2D eigenvalue weighted by atomic mass is 10.1. The molecule has 0 saturated carbocycles. The number of ketones is 1. The Kier molecular flexibility index (Phi) is 3.62. The largest absolute Gasteiger partial charge is 0.454 e. The maximum atomic E-state index is 12.3. The number of likely N-dealkylation sites (tertiary alicyclic amines) is 1. The van der Waals surface area contributed by atoms with Crippen LogP contribution < -0.4 is 9.47 Å². The molecular weight excluding hydrogens is 266 g/mol. The maximum Gasteiger partial charge on any atom is 0.231 e. The van der Waals surface area contributed by atoms with Crippen molar-refractivity contribution in [2.75, 3.05) is 26.4 Å². The first-order valence-corrected chi connectivity index (χ1v) is 6.96. The van der Waals surface area contributed by atoms with Gasteiger partial charge in [0, 0.05) is 11.6 Å². The molecule has 1 aromatic rings. The predicted molar refractivity (Wildman–Crippen MR) is 72.2 cm³/mol. The van der Waals surface area contributed by atoms with Gasteiger partial charge in [-0.2, -0.15) is 0 Å². The number of fused-ring (bicyclic) bond motifs is 1. The van der Waals surface area contributed by atoms with Crippen LogP contribution in [0.15, 0.2) is 12.1 Å². The van der Waals surface area contributed by atoms with Crippen molar-refractivity contribution < 1.29 is 14.3 Å². The quantitative estimate of drug-likeness (QED) is 0.799. The smallest absolute Gasteiger partial charge is 0.231 e. The van der Waals surface area contributed by atoms with E-state index in [4.69, 9.17) is 21.1 Å². The van der Waals surface area contributed by atoms with Crippen molar-refractivity contribution in [1.29, 1.82) is 0 Å². The Labute approximate surface area is 117 Å². The monoisotopic (exact) mass is 281 g/mol. The Morgan fingerprint density at radius 3 is 2.58 bits per heavy atom. The van der Waals surface area contributed by atoms with E-state index < -0.39 is 0 Å². The van der Waals surface area contributed by atoms with Crippen LogP contribution in [0.4, 0.5) is 0 Å². The minimum absolute atomic E-state index is 0.0465. The zero-order chi connectivity index (χ0) is 13.2. The normalized spacial score (nSPS) is 18.6. The average Bonchev–Trinajstić information content (AvgIpc) is 2.86. The van der Waals surface area contributed by atoms with Crippen LogP contribution >= 0.6 is 11.6 Å². The Morgan fingerprint density at radius 1 is 1.16 bits per heavy atom. The summed E-state index contributed by atoms with van der Waals surface area (Å²) in [5, 5.41) is 0.436. The van der Waals surface area contributed by atoms with Gasteiger partial charge in [-0.05, 0) is 32.0 Å². The molecule has 1 aromatic carbocycles. The summed E-state index contributed by atoms with van der Waals surface area (Å²) < 4.78 is 10.5. The second-order valence-corrected chi connectivity index (χ2v) is 5.35. The Morgan fingerprint density at radius 2 is 1.84 bits per heavy atom. The minimum atomic E-state index is 0.0465. The van der Waals surface area contributed by atoms with Crippen LogP contribution in [0.5, 0.6) is 11.5 Å². The zero-order valence-corrected chi connectivity index (χ0v) is 11.4. The van der Waals surface area contributed by atoms with Gasteiger partial charge in [-0.25, -0.2) is 0 Å². The van der Waals surface area contributed by atoms with Gasteiger partial charge in [-0.15, -0.1) is 0 Å². The van der Waals surface area contributed by atoms with Gasteiger partial charge < -0.3 is 9.47 Å². The fourth-order valence-corrected chi connectivity index (χ4v) is 2.80. The molecule has 2 aliphatic heterocycles. The van der Waals surface area contributed by atoms with Crippen LogP contribution in [-0.4, -0.2) is 37.1 Å². The summed E-state index contributed by atoms with van der Waals surface area (Å²) in [6.45, 7) is 2.61. The molecule has 19 heavy (non-hydrogen) atoms. The number of carbonyl (C=O) groups excluding carboxylic acids is 1. The number of piperidine rings is 1. The van der Waals surface area contributed by atoms with Gasteiger partial charge in [0.05, 0.1) is 11.6 Å². The maximum absolute atomic E-state index is 12.3. The summed E-state index contributed by atoms with van der Waals surface area (Å²) >= 11 is 6.15. The lowest BCUT2D eigenvalue weighted by Crippen LogP contribution is -2.34. The lowest BCUT2D eigenvalue weighted by molar-refractivity contribution is 0.0915. The number of ether oxygens (including phenoxy) is 2. The minimum Gasteiger partial charge on any atom is -0.454 e. The summed E-state index contributed by atoms with van der Waals surface area (Å²) in [6, 6.07) is 3.35. The molecule has 4 nitrogen and oxygen atoms in total. The van der Waals surface area contributed by atoms with E-state index in [1.165, 1.54) is 19.3 Å². The Hall–Kier alpha value is -1.26. The molecule has 2 aliphatic rings. The number of hydrogen-bond acceptors (Lipinski definition) is 4. The first-order chi connectivity index (χ1) is 9.24. The second kappa shape index (κ2) is 5.39. The van der Waals surface area contributed by atoms with Gasteiger partial charge in [0.2, 0.25) is 6.79 Å². The molecule has 0 radical (unpaired) electrons. The van der Waals surface area contributed by atoms with E-state index in [2.05, 4.69) is 4.90 Å². The van der Waals surface area contributed by atoms with Crippen LogP contribution in [0.3, 0.4) is 0 Å². The number of benzene rings is 1. The molecule has 0 aliphatic carbocycles. The predicted octanol–water partition coefficient (Wildman–Crippen LogP) is 2.74. The molecule has 1 fully saturated rings. The van der Waals surface area contributed by atoms with Crippen molar-refractivity contribution in [3.63, 3.8) is 0 Å². The molecule has 0 bridgehead atoms. The first kappa shape index (κ1) is 12.8. The molecule has 0 atom stereocenters. The van der Waals surface area contributed by atoms with Crippen molar-refractivity contribution in [2.45, 2.75) is 19.3 Å². The van der Waals surface area contributed by atoms with Crippen LogP contribution in [0.25, 0.3) is 0 Å². The van der Waals surface area contributed by atoms with Gasteiger partial charge >= 0.3 is 0 Å². The van der Waals surface area contributed by atoms with Crippen molar-refractivity contribution >= 4 is 17.4 Å². The second-order valence-electron chi connectivity index (χ2n) is 4.95. The fourth-order valence-electron chi connectivity index (χ4n) is 2.54. The third-order valence-electron chi connectivity index (χ3n) is 3.58. The standard InChI is InChI=1S/C14H16ClNO3/c15-11-7-14-13(18-9-19-14)6-10(11)12(17)8-16-4-2-1-3-5-16/h6-7H,1-5,8-9H2. The average molecular weight is 282 g/mol. The van der Waals surface area contributed by atoms with Gasteiger partial charge in [-0.3, -0.25) is 9.69 Å². The van der Waals surface area contributed by atoms with E-state index in [9.17, 15) is 4.79 Å². The van der Waals surface area contributed by atoms with Crippen LogP contribution in [0.2, 0.25) is 5.02 Å². The molecular formula is C14H16ClNO3. The Balaban J connectivity index is 1.75. The number of Topliss-reactive ketones (excluding diaryl/α,β-unsaturated/α-hetero) is 1. The van der Waals surface area contributed by atoms with Crippen LogP contribution in [-0.2, 0) is 0 Å². The van der Waals surface area contributed by atoms with Crippen LogP contribution in [0, 0.1) is 0 Å². The molecule has 0 N–H and O–H groups in total. The van der Waals surface area contributed by atoms with Gasteiger partial charge in [0.15, 0.2) is 17.3 Å². The summed E-state index contributed by atoms with van der Waals surface area (Å²) in [4.78, 5) is 14.5. The van der Waals surface area contributed by atoms with E-state index >= 15 is 0 Å².